The first-order valence-corrected chi connectivity index (χ1v) is 11.8. The molecule has 1 fully saturated rings. The van der Waals surface area contributed by atoms with E-state index in [0.717, 1.165) is 19.3 Å². The molecule has 1 aliphatic carbocycles. The Hall–Kier alpha value is -3.66. The number of benzene rings is 2. The molecule has 10 heteroatoms. The highest BCUT2D eigenvalue weighted by molar-refractivity contribution is 7.92. The van der Waals surface area contributed by atoms with Gasteiger partial charge in [0, 0.05) is 23.6 Å². The molecule has 170 valence electrons. The lowest BCUT2D eigenvalue weighted by atomic mass is 9.79. The maximum Gasteiger partial charge on any atom is 0.263 e. The van der Waals surface area contributed by atoms with E-state index in [9.17, 15) is 17.6 Å². The first kappa shape index (κ1) is 21.2. The topological polar surface area (TPSA) is 103 Å². The summed E-state index contributed by atoms with van der Waals surface area (Å²) in [6.07, 6.45) is 4.16. The molecule has 0 atom stereocenters. The van der Waals surface area contributed by atoms with Crippen molar-refractivity contribution in [2.75, 3.05) is 11.8 Å². The van der Waals surface area contributed by atoms with Crippen molar-refractivity contribution in [1.29, 1.82) is 0 Å². The Morgan fingerprint density at radius 2 is 1.97 bits per heavy atom. The molecule has 0 amide bonds. The van der Waals surface area contributed by atoms with Gasteiger partial charge in [0.05, 0.1) is 23.2 Å². The van der Waals surface area contributed by atoms with Gasteiger partial charge in [-0.25, -0.2) is 12.8 Å². The number of halogens is 1. The lowest BCUT2D eigenvalue weighted by molar-refractivity contribution is 0.390. The van der Waals surface area contributed by atoms with Gasteiger partial charge >= 0.3 is 0 Å². The fourth-order valence-corrected chi connectivity index (χ4v) is 5.06. The number of pyridine rings is 1. The van der Waals surface area contributed by atoms with Crippen LogP contribution in [0, 0.1) is 5.82 Å². The van der Waals surface area contributed by atoms with E-state index >= 15 is 0 Å². The predicted molar refractivity (Wildman–Crippen MR) is 120 cm³/mol. The fourth-order valence-electron chi connectivity index (χ4n) is 4.03. The maximum atomic E-state index is 15.0. The molecule has 0 saturated heterocycles. The van der Waals surface area contributed by atoms with Crippen LogP contribution in [-0.4, -0.2) is 25.3 Å². The van der Waals surface area contributed by atoms with Gasteiger partial charge in [0.1, 0.15) is 17.8 Å². The monoisotopic (exact) mass is 469 g/mol. The molecule has 1 aliphatic rings. The zero-order valence-corrected chi connectivity index (χ0v) is 18.4. The summed E-state index contributed by atoms with van der Waals surface area (Å²) in [5, 5.41) is 4.03. The number of rotatable bonds is 6. The number of ether oxygens (including phenoxy) is 1. The van der Waals surface area contributed by atoms with E-state index in [2.05, 4.69) is 14.4 Å². The van der Waals surface area contributed by atoms with Gasteiger partial charge in [-0.3, -0.25) is 14.1 Å². The average Bonchev–Trinajstić information content (AvgIpc) is 3.25. The molecular formula is C23H20FN3O5S. The van der Waals surface area contributed by atoms with Crippen LogP contribution in [0.1, 0.15) is 30.7 Å². The van der Waals surface area contributed by atoms with Crippen molar-refractivity contribution in [2.24, 2.45) is 0 Å². The number of aromatic nitrogens is 2. The number of methoxy groups -OCH3 is 1. The first-order chi connectivity index (χ1) is 15.9. The van der Waals surface area contributed by atoms with Gasteiger partial charge in [-0.2, -0.15) is 0 Å². The van der Waals surface area contributed by atoms with E-state index in [1.165, 1.54) is 60.4 Å². The highest BCUT2D eigenvalue weighted by Crippen LogP contribution is 2.40. The molecule has 0 bridgehead atoms. The van der Waals surface area contributed by atoms with Crippen LogP contribution in [0.3, 0.4) is 0 Å². The molecular weight excluding hydrogens is 449 g/mol. The van der Waals surface area contributed by atoms with E-state index in [-0.39, 0.29) is 22.3 Å². The summed E-state index contributed by atoms with van der Waals surface area (Å²) >= 11 is 0. The normalized spacial score (nSPS) is 14.2. The molecule has 2 heterocycles. The van der Waals surface area contributed by atoms with Crippen LogP contribution in [-0.2, 0) is 10.0 Å². The minimum atomic E-state index is -3.94. The fraction of sp³-hybridized carbons (Fsp3) is 0.217. The minimum Gasteiger partial charge on any atom is -0.495 e. The quantitative estimate of drug-likeness (QED) is 0.454. The molecule has 2 aromatic heterocycles. The third-order valence-corrected chi connectivity index (χ3v) is 7.29. The van der Waals surface area contributed by atoms with Crippen LogP contribution in [0.4, 0.5) is 10.2 Å². The number of hydrogen-bond donors (Lipinski definition) is 1. The predicted octanol–water partition coefficient (Wildman–Crippen LogP) is 4.19. The van der Waals surface area contributed by atoms with Crippen LogP contribution in [0.25, 0.3) is 16.6 Å². The number of nitrogens with one attached hydrogen (secondary N) is 1. The second-order valence-corrected chi connectivity index (χ2v) is 9.57. The lowest BCUT2D eigenvalue weighted by Crippen LogP contribution is -2.20. The first-order valence-electron chi connectivity index (χ1n) is 10.3. The van der Waals surface area contributed by atoms with Crippen molar-refractivity contribution in [3.05, 3.63) is 76.5 Å². The van der Waals surface area contributed by atoms with E-state index in [1.54, 1.807) is 6.07 Å². The van der Waals surface area contributed by atoms with E-state index in [0.29, 0.717) is 22.2 Å². The standard InChI is InChI=1S/C23H20FN3O5S/c1-31-21-12-17(14-3-2-4-14)18(24)13-20(21)27-19-7-6-16(11-15(19)5-8-23(27)28)33(29,30)26-22-9-10-32-25-22/h5-14H,2-4H2,1H3,(H,25,26). The lowest BCUT2D eigenvalue weighted by Gasteiger charge is -2.27. The smallest absolute Gasteiger partial charge is 0.263 e. The van der Waals surface area contributed by atoms with E-state index < -0.39 is 21.4 Å². The molecule has 0 unspecified atom stereocenters. The molecule has 0 aliphatic heterocycles. The van der Waals surface area contributed by atoms with Crippen molar-refractivity contribution in [1.82, 2.24) is 9.72 Å². The van der Waals surface area contributed by atoms with Gasteiger partial charge < -0.3 is 9.26 Å². The number of hydrogen-bond acceptors (Lipinski definition) is 6. The van der Waals surface area contributed by atoms with Crippen molar-refractivity contribution < 1.29 is 22.1 Å². The van der Waals surface area contributed by atoms with Crippen molar-refractivity contribution in [3.63, 3.8) is 0 Å². The van der Waals surface area contributed by atoms with Crippen molar-refractivity contribution in [2.45, 2.75) is 30.1 Å². The molecule has 5 rings (SSSR count). The van der Waals surface area contributed by atoms with E-state index in [1.807, 2.05) is 0 Å². The third-order valence-electron chi connectivity index (χ3n) is 5.94. The highest BCUT2D eigenvalue weighted by atomic mass is 32.2. The van der Waals surface area contributed by atoms with Crippen LogP contribution >= 0.6 is 0 Å². The molecule has 2 aromatic carbocycles. The second-order valence-electron chi connectivity index (χ2n) is 7.89. The number of sulfonamides is 1. The summed E-state index contributed by atoms with van der Waals surface area (Å²) in [5.41, 5.74) is 0.859. The molecule has 8 nitrogen and oxygen atoms in total. The van der Waals surface area contributed by atoms with Crippen LogP contribution in [0.5, 0.6) is 5.75 Å². The Kier molecular flexibility index (Phi) is 5.16. The highest BCUT2D eigenvalue weighted by Gasteiger charge is 2.25. The van der Waals surface area contributed by atoms with Crippen LogP contribution in [0.2, 0.25) is 0 Å². The van der Waals surface area contributed by atoms with Crippen molar-refractivity contribution in [3.8, 4) is 11.4 Å². The Bertz CT molecular complexity index is 1510. The zero-order valence-electron chi connectivity index (χ0n) is 17.6. The Labute approximate surface area is 188 Å². The largest absolute Gasteiger partial charge is 0.495 e. The van der Waals surface area contributed by atoms with Crippen LogP contribution < -0.4 is 15.0 Å². The number of nitrogens with zero attached hydrogens (tertiary/aromatic N) is 2. The Balaban J connectivity index is 1.63. The molecule has 0 radical (unpaired) electrons. The van der Waals surface area contributed by atoms with Gasteiger partial charge in [-0.15, -0.1) is 0 Å². The molecule has 4 aromatic rings. The van der Waals surface area contributed by atoms with E-state index in [4.69, 9.17) is 4.74 Å². The van der Waals surface area contributed by atoms with Gasteiger partial charge in [0.25, 0.3) is 15.6 Å². The summed E-state index contributed by atoms with van der Waals surface area (Å²) in [6.45, 7) is 0. The average molecular weight is 469 g/mol. The molecule has 0 spiro atoms. The maximum absolute atomic E-state index is 15.0. The Morgan fingerprint density at radius 1 is 1.15 bits per heavy atom. The van der Waals surface area contributed by atoms with Gasteiger partial charge in [0.2, 0.25) is 0 Å². The van der Waals surface area contributed by atoms with Gasteiger partial charge in [-0.1, -0.05) is 11.6 Å². The summed E-state index contributed by atoms with van der Waals surface area (Å²) in [6, 6.07) is 11.5. The molecule has 33 heavy (non-hydrogen) atoms. The number of fused-ring (bicyclic) bond motifs is 1. The van der Waals surface area contributed by atoms with Crippen molar-refractivity contribution >= 4 is 26.7 Å². The summed E-state index contributed by atoms with van der Waals surface area (Å²) < 4.78 is 54.2. The summed E-state index contributed by atoms with van der Waals surface area (Å²) in [4.78, 5) is 12.8. The third kappa shape index (κ3) is 3.76. The van der Waals surface area contributed by atoms with Crippen LogP contribution in [0.15, 0.2) is 69.0 Å². The Morgan fingerprint density at radius 3 is 2.64 bits per heavy atom. The zero-order chi connectivity index (χ0) is 23.2. The second kappa shape index (κ2) is 8.04. The van der Waals surface area contributed by atoms with Gasteiger partial charge in [-0.05, 0) is 54.7 Å². The summed E-state index contributed by atoms with van der Waals surface area (Å²) in [7, 11) is -2.47. The minimum absolute atomic E-state index is 0.0262. The summed E-state index contributed by atoms with van der Waals surface area (Å²) in [5.74, 6) is 0.182. The molecule has 1 saturated carbocycles. The van der Waals surface area contributed by atoms with Gasteiger partial charge in [0.15, 0.2) is 5.82 Å². The molecule has 1 N–H and O–H groups in total. The number of anilines is 1. The SMILES string of the molecule is COc1cc(C2CCC2)c(F)cc1-n1c(=O)ccc2cc(S(=O)(=O)Nc3ccon3)ccc21.